The number of nitrogens with zero attached hydrogens (tertiary/aromatic N) is 2. The van der Waals surface area contributed by atoms with E-state index in [0.717, 1.165) is 13.0 Å². The minimum Gasteiger partial charge on any atom is -0.334 e. The second-order valence-corrected chi connectivity index (χ2v) is 2.79. The minimum atomic E-state index is 1.14. The molecular weight excluding hydrogens is 124 g/mol. The zero-order valence-corrected chi connectivity index (χ0v) is 6.01. The summed E-state index contributed by atoms with van der Waals surface area (Å²) < 4.78 is 2.22. The normalized spacial score (nSPS) is 18.0. The molecule has 2 heteroatoms. The number of aromatic nitrogens is 2. The summed E-state index contributed by atoms with van der Waals surface area (Å²) in [5, 5.41) is 0. The van der Waals surface area contributed by atoms with Crippen LogP contribution >= 0.6 is 0 Å². The van der Waals surface area contributed by atoms with Crippen molar-refractivity contribution < 1.29 is 0 Å². The lowest BCUT2D eigenvalue weighted by molar-refractivity contribution is 0.634. The van der Waals surface area contributed by atoms with Crippen molar-refractivity contribution in [3.63, 3.8) is 0 Å². The van der Waals surface area contributed by atoms with Crippen molar-refractivity contribution in [1.82, 2.24) is 9.55 Å². The van der Waals surface area contributed by atoms with Gasteiger partial charge in [0.05, 0.1) is 0 Å². The van der Waals surface area contributed by atoms with E-state index in [2.05, 4.69) is 15.7 Å². The first kappa shape index (κ1) is 5.96. The Bertz CT molecular complexity index is 194. The van der Waals surface area contributed by atoms with Crippen LogP contribution in [0.4, 0.5) is 0 Å². The third kappa shape index (κ3) is 0.939. The molecule has 1 aliphatic rings. The molecule has 10 heavy (non-hydrogen) atoms. The van der Waals surface area contributed by atoms with E-state index in [0.29, 0.717) is 0 Å². The Kier molecular flexibility index (Phi) is 1.46. The summed E-state index contributed by atoms with van der Waals surface area (Å²) in [4.78, 5) is 4.15. The minimum absolute atomic E-state index is 1.14. The fourth-order valence-corrected chi connectivity index (χ4v) is 1.45. The Morgan fingerprint density at radius 3 is 3.40 bits per heavy atom. The lowest BCUT2D eigenvalue weighted by atomic mass is 10.2. The molecule has 0 unspecified atom stereocenters. The Labute approximate surface area is 60.9 Å². The zero-order chi connectivity index (χ0) is 6.81. The maximum Gasteiger partial charge on any atom is 0.109 e. The first-order valence-electron chi connectivity index (χ1n) is 3.89. The van der Waals surface area contributed by atoms with Crippen LogP contribution in [0.1, 0.15) is 25.1 Å². The SMILES string of the molecule is [c]1cn2c(n1)CCCCC2. The summed E-state index contributed by atoms with van der Waals surface area (Å²) in [5.74, 6) is 1.22. The second kappa shape index (κ2) is 2.45. The Morgan fingerprint density at radius 1 is 1.40 bits per heavy atom. The van der Waals surface area contributed by atoms with Crippen LogP contribution in [0.2, 0.25) is 0 Å². The first-order chi connectivity index (χ1) is 4.97. The van der Waals surface area contributed by atoms with E-state index in [1.165, 1.54) is 25.1 Å². The van der Waals surface area contributed by atoms with E-state index < -0.39 is 0 Å². The van der Waals surface area contributed by atoms with Gasteiger partial charge in [-0.25, -0.2) is 4.98 Å². The van der Waals surface area contributed by atoms with E-state index in [-0.39, 0.29) is 0 Å². The molecular formula is C8H11N2. The van der Waals surface area contributed by atoms with Gasteiger partial charge in [-0.15, -0.1) is 0 Å². The average molecular weight is 135 g/mol. The van der Waals surface area contributed by atoms with Gasteiger partial charge in [0.15, 0.2) is 0 Å². The van der Waals surface area contributed by atoms with Crippen LogP contribution in [-0.4, -0.2) is 9.55 Å². The molecule has 2 heterocycles. The van der Waals surface area contributed by atoms with E-state index in [1.807, 2.05) is 6.20 Å². The molecule has 2 rings (SSSR count). The van der Waals surface area contributed by atoms with Crippen LogP contribution in [0, 0.1) is 6.20 Å². The molecule has 0 aromatic carbocycles. The maximum absolute atomic E-state index is 4.15. The largest absolute Gasteiger partial charge is 0.334 e. The van der Waals surface area contributed by atoms with Crippen LogP contribution < -0.4 is 0 Å². The van der Waals surface area contributed by atoms with Gasteiger partial charge in [-0.2, -0.15) is 0 Å². The highest BCUT2D eigenvalue weighted by atomic mass is 15.1. The highest BCUT2D eigenvalue weighted by Gasteiger charge is 2.05. The van der Waals surface area contributed by atoms with E-state index in [9.17, 15) is 0 Å². The first-order valence-corrected chi connectivity index (χ1v) is 3.89. The topological polar surface area (TPSA) is 17.8 Å². The standard InChI is InChI=1S/C8H11N2/c1-2-4-8-9-5-7-10(8)6-3-1/h7H,1-4,6H2. The number of hydrogen-bond acceptors (Lipinski definition) is 1. The lowest BCUT2D eigenvalue weighted by Crippen LogP contribution is -1.98. The van der Waals surface area contributed by atoms with Gasteiger partial charge in [-0.05, 0) is 12.8 Å². The number of imidazole rings is 1. The zero-order valence-electron chi connectivity index (χ0n) is 6.01. The van der Waals surface area contributed by atoms with E-state index >= 15 is 0 Å². The van der Waals surface area contributed by atoms with Crippen LogP contribution in [0.25, 0.3) is 0 Å². The van der Waals surface area contributed by atoms with Gasteiger partial charge in [0.2, 0.25) is 0 Å². The molecule has 0 saturated heterocycles. The molecule has 0 amide bonds. The van der Waals surface area contributed by atoms with Gasteiger partial charge < -0.3 is 4.57 Å². The fraction of sp³-hybridized carbons (Fsp3) is 0.625. The summed E-state index contributed by atoms with van der Waals surface area (Å²) in [6.07, 6.45) is 9.93. The fourth-order valence-electron chi connectivity index (χ4n) is 1.45. The maximum atomic E-state index is 4.15. The molecule has 1 radical (unpaired) electrons. The van der Waals surface area contributed by atoms with Crippen molar-refractivity contribution in [2.45, 2.75) is 32.2 Å². The van der Waals surface area contributed by atoms with Crippen molar-refractivity contribution >= 4 is 0 Å². The van der Waals surface area contributed by atoms with E-state index in [4.69, 9.17) is 0 Å². The average Bonchev–Trinajstić information content (AvgIpc) is 2.28. The lowest BCUT2D eigenvalue weighted by Gasteiger charge is -1.99. The van der Waals surface area contributed by atoms with Crippen molar-refractivity contribution in [2.75, 3.05) is 0 Å². The van der Waals surface area contributed by atoms with Crippen molar-refractivity contribution in [3.8, 4) is 0 Å². The number of rotatable bonds is 0. The smallest absolute Gasteiger partial charge is 0.109 e. The summed E-state index contributed by atoms with van der Waals surface area (Å²) in [6.45, 7) is 1.14. The predicted octanol–water partition coefficient (Wildman–Crippen LogP) is 1.41. The molecule has 2 nitrogen and oxygen atoms in total. The van der Waals surface area contributed by atoms with Gasteiger partial charge in [0.25, 0.3) is 0 Å². The molecule has 0 fully saturated rings. The van der Waals surface area contributed by atoms with Crippen molar-refractivity contribution in [3.05, 3.63) is 18.2 Å². The van der Waals surface area contributed by atoms with Gasteiger partial charge in [0.1, 0.15) is 12.0 Å². The molecule has 0 spiro atoms. The Morgan fingerprint density at radius 2 is 2.40 bits per heavy atom. The molecule has 0 saturated carbocycles. The third-order valence-corrected chi connectivity index (χ3v) is 2.04. The molecule has 53 valence electrons. The van der Waals surface area contributed by atoms with Crippen LogP contribution in [0.15, 0.2) is 6.20 Å². The summed E-state index contributed by atoms with van der Waals surface area (Å²) in [6, 6.07) is 0. The number of aryl methyl sites for hydroxylation is 2. The number of fused-ring (bicyclic) bond motifs is 1. The van der Waals surface area contributed by atoms with Crippen LogP contribution in [0.5, 0.6) is 0 Å². The van der Waals surface area contributed by atoms with Crippen LogP contribution in [0.3, 0.4) is 0 Å². The predicted molar refractivity (Wildman–Crippen MR) is 38.6 cm³/mol. The molecule has 0 aliphatic carbocycles. The molecule has 1 aliphatic heterocycles. The van der Waals surface area contributed by atoms with Gasteiger partial charge in [0, 0.05) is 19.2 Å². The number of hydrogen-bond donors (Lipinski definition) is 0. The van der Waals surface area contributed by atoms with Gasteiger partial charge in [-0.1, -0.05) is 6.42 Å². The molecule has 0 bridgehead atoms. The molecule has 1 aromatic heterocycles. The highest BCUT2D eigenvalue weighted by molar-refractivity contribution is 4.92. The Hall–Kier alpha value is -0.790. The van der Waals surface area contributed by atoms with Crippen molar-refractivity contribution in [1.29, 1.82) is 0 Å². The third-order valence-electron chi connectivity index (χ3n) is 2.04. The quantitative estimate of drug-likeness (QED) is 0.526. The summed E-state index contributed by atoms with van der Waals surface area (Å²) in [7, 11) is 0. The van der Waals surface area contributed by atoms with Gasteiger partial charge in [-0.3, -0.25) is 0 Å². The highest BCUT2D eigenvalue weighted by Crippen LogP contribution is 2.11. The van der Waals surface area contributed by atoms with Crippen molar-refractivity contribution in [2.24, 2.45) is 0 Å². The summed E-state index contributed by atoms with van der Waals surface area (Å²) >= 11 is 0. The summed E-state index contributed by atoms with van der Waals surface area (Å²) in [5.41, 5.74) is 0. The molecule has 0 N–H and O–H groups in total. The van der Waals surface area contributed by atoms with Crippen LogP contribution in [-0.2, 0) is 13.0 Å². The molecule has 0 atom stereocenters. The second-order valence-electron chi connectivity index (χ2n) is 2.79. The van der Waals surface area contributed by atoms with Gasteiger partial charge >= 0.3 is 0 Å². The molecule has 1 aromatic rings. The van der Waals surface area contributed by atoms with E-state index in [1.54, 1.807) is 0 Å². The monoisotopic (exact) mass is 135 g/mol. The Balaban J connectivity index is 2.28.